The van der Waals surface area contributed by atoms with Gasteiger partial charge in [0.05, 0.1) is 39.9 Å². The van der Waals surface area contributed by atoms with E-state index < -0.39 is 20.0 Å². The molecule has 0 heterocycles. The third-order valence-corrected chi connectivity index (χ3v) is 17.1. The van der Waals surface area contributed by atoms with Gasteiger partial charge in [0.2, 0.25) is 5.91 Å². The van der Waals surface area contributed by atoms with Crippen molar-refractivity contribution in [2.75, 3.05) is 40.9 Å². The van der Waals surface area contributed by atoms with Gasteiger partial charge in [-0.25, -0.2) is 4.57 Å². The minimum Gasteiger partial charge on any atom is -0.391 e. The second kappa shape index (κ2) is 62.0. The highest BCUT2D eigenvalue weighted by molar-refractivity contribution is 7.47. The van der Waals surface area contributed by atoms with E-state index in [2.05, 4.69) is 67.8 Å². The Kier molecular flexibility index (Phi) is 60.8. The first-order valence-electron chi connectivity index (χ1n) is 35.0. The first-order chi connectivity index (χ1) is 39.0. The van der Waals surface area contributed by atoms with E-state index in [1.165, 1.54) is 257 Å². The first-order valence-corrected chi connectivity index (χ1v) is 36.5. The van der Waals surface area contributed by atoms with Gasteiger partial charge in [0.15, 0.2) is 0 Å². The van der Waals surface area contributed by atoms with Crippen LogP contribution >= 0.6 is 7.82 Å². The molecule has 0 aliphatic carbocycles. The molecule has 0 aromatic carbocycles. The molecule has 0 aromatic rings. The van der Waals surface area contributed by atoms with Crippen molar-refractivity contribution in [2.45, 2.75) is 360 Å². The summed E-state index contributed by atoms with van der Waals surface area (Å²) in [6, 6.07) is -0.760. The molecule has 1 amide bonds. The van der Waals surface area contributed by atoms with Gasteiger partial charge < -0.3 is 19.8 Å². The fraction of sp³-hybridized carbons (Fsp3) is 0.873. The number of likely N-dealkylation sites (N-methyl/N-ethyl adjacent to an activating group) is 1. The number of quaternary nitrogens is 1. The Labute approximate surface area is 499 Å². The van der Waals surface area contributed by atoms with Crippen LogP contribution in [0.4, 0.5) is 0 Å². The molecule has 0 saturated heterocycles. The summed E-state index contributed by atoms with van der Waals surface area (Å²) in [5.41, 5.74) is 0. The van der Waals surface area contributed by atoms with Crippen LogP contribution in [0.2, 0.25) is 0 Å². The highest BCUT2D eigenvalue weighted by Gasteiger charge is 2.28. The number of hydrogen-bond donors (Lipinski definition) is 3. The maximum atomic E-state index is 13.1. The molecular formula is C71H138N2O6P+. The monoisotopic (exact) mass is 1150 g/mol. The van der Waals surface area contributed by atoms with Crippen molar-refractivity contribution in [3.05, 3.63) is 48.6 Å². The zero-order valence-corrected chi connectivity index (χ0v) is 55.0. The lowest BCUT2D eigenvalue weighted by atomic mass is 10.0. The van der Waals surface area contributed by atoms with Gasteiger partial charge in [-0.15, -0.1) is 0 Å². The van der Waals surface area contributed by atoms with E-state index >= 15 is 0 Å². The van der Waals surface area contributed by atoms with Gasteiger partial charge >= 0.3 is 7.82 Å². The Morgan fingerprint density at radius 2 is 0.750 bits per heavy atom. The van der Waals surface area contributed by atoms with Crippen LogP contribution in [-0.4, -0.2) is 73.4 Å². The molecule has 0 bridgehead atoms. The number of aliphatic hydroxyl groups is 1. The minimum absolute atomic E-state index is 0.0769. The summed E-state index contributed by atoms with van der Waals surface area (Å²) in [6.45, 7) is 4.83. The molecule has 0 spiro atoms. The van der Waals surface area contributed by atoms with Gasteiger partial charge in [-0.3, -0.25) is 13.8 Å². The quantitative estimate of drug-likeness (QED) is 0.0243. The van der Waals surface area contributed by atoms with Gasteiger partial charge in [0, 0.05) is 6.42 Å². The Hall–Kier alpha value is -1.54. The fourth-order valence-corrected chi connectivity index (χ4v) is 11.4. The Morgan fingerprint density at radius 3 is 1.10 bits per heavy atom. The molecule has 0 fully saturated rings. The molecule has 472 valence electrons. The van der Waals surface area contributed by atoms with Crippen LogP contribution in [0, 0.1) is 0 Å². The maximum Gasteiger partial charge on any atom is 0.472 e. The van der Waals surface area contributed by atoms with E-state index in [0.29, 0.717) is 23.9 Å². The average molecular weight is 1150 g/mol. The van der Waals surface area contributed by atoms with Gasteiger partial charge in [-0.05, 0) is 51.4 Å². The average Bonchev–Trinajstić information content (AvgIpc) is 3.42. The zero-order valence-electron chi connectivity index (χ0n) is 54.1. The van der Waals surface area contributed by atoms with Crippen molar-refractivity contribution in [1.29, 1.82) is 0 Å². The number of carbonyl (C=O) groups is 1. The summed E-state index contributed by atoms with van der Waals surface area (Å²) >= 11 is 0. The van der Waals surface area contributed by atoms with Gasteiger partial charge in [0.1, 0.15) is 13.2 Å². The molecule has 3 N–H and O–H groups in total. The smallest absolute Gasteiger partial charge is 0.391 e. The number of rotatable bonds is 65. The lowest BCUT2D eigenvalue weighted by molar-refractivity contribution is -0.870. The first kappa shape index (κ1) is 78.5. The molecular weight excluding hydrogens is 1010 g/mol. The summed E-state index contributed by atoms with van der Waals surface area (Å²) in [5.74, 6) is -0.137. The topological polar surface area (TPSA) is 105 Å². The van der Waals surface area contributed by atoms with E-state index in [1.807, 2.05) is 21.1 Å². The van der Waals surface area contributed by atoms with Crippen molar-refractivity contribution in [3.8, 4) is 0 Å². The minimum atomic E-state index is -4.33. The predicted molar refractivity (Wildman–Crippen MR) is 351 cm³/mol. The van der Waals surface area contributed by atoms with Gasteiger partial charge in [0.25, 0.3) is 0 Å². The van der Waals surface area contributed by atoms with Crippen molar-refractivity contribution in [1.82, 2.24) is 5.32 Å². The zero-order chi connectivity index (χ0) is 58.4. The van der Waals surface area contributed by atoms with Crippen LogP contribution in [0.15, 0.2) is 48.6 Å². The molecule has 0 aliphatic heterocycles. The van der Waals surface area contributed by atoms with E-state index in [1.54, 1.807) is 0 Å². The van der Waals surface area contributed by atoms with Crippen molar-refractivity contribution >= 4 is 13.7 Å². The fourth-order valence-electron chi connectivity index (χ4n) is 10.7. The third kappa shape index (κ3) is 64.0. The molecule has 8 nitrogen and oxygen atoms in total. The number of aliphatic hydroxyl groups excluding tert-OH is 1. The Morgan fingerprint density at radius 1 is 0.438 bits per heavy atom. The van der Waals surface area contributed by atoms with Crippen LogP contribution in [0.25, 0.3) is 0 Å². The molecule has 3 atom stereocenters. The molecule has 0 saturated carbocycles. The van der Waals surface area contributed by atoms with E-state index in [-0.39, 0.29) is 19.1 Å². The Bertz CT molecular complexity index is 1440. The summed E-state index contributed by atoms with van der Waals surface area (Å²) < 4.78 is 23.9. The molecule has 80 heavy (non-hydrogen) atoms. The largest absolute Gasteiger partial charge is 0.472 e. The highest BCUT2D eigenvalue weighted by Crippen LogP contribution is 2.43. The molecule has 9 heteroatoms. The lowest BCUT2D eigenvalue weighted by Crippen LogP contribution is -2.46. The van der Waals surface area contributed by atoms with Crippen molar-refractivity contribution < 1.29 is 32.9 Å². The van der Waals surface area contributed by atoms with E-state index in [4.69, 9.17) is 9.05 Å². The highest BCUT2D eigenvalue weighted by atomic mass is 31.2. The second-order valence-corrected chi connectivity index (χ2v) is 26.7. The molecule has 0 aromatic heterocycles. The number of allylic oxidation sites excluding steroid dienone is 8. The predicted octanol–water partition coefficient (Wildman–Crippen LogP) is 22.2. The number of unbranched alkanes of at least 4 members (excludes halogenated alkanes) is 44. The number of phosphoric acid groups is 1. The van der Waals surface area contributed by atoms with Crippen LogP contribution < -0.4 is 5.32 Å². The lowest BCUT2D eigenvalue weighted by Gasteiger charge is -2.26. The normalized spacial score (nSPS) is 13.9. The van der Waals surface area contributed by atoms with Crippen LogP contribution in [0.5, 0.6) is 0 Å². The molecule has 0 aliphatic rings. The second-order valence-electron chi connectivity index (χ2n) is 25.2. The number of nitrogens with one attached hydrogen (secondary N) is 1. The van der Waals surface area contributed by atoms with E-state index in [9.17, 15) is 19.4 Å². The van der Waals surface area contributed by atoms with Crippen LogP contribution in [-0.2, 0) is 18.4 Å². The number of hydrogen-bond acceptors (Lipinski definition) is 5. The van der Waals surface area contributed by atoms with Crippen LogP contribution in [0.3, 0.4) is 0 Å². The van der Waals surface area contributed by atoms with Crippen molar-refractivity contribution in [3.63, 3.8) is 0 Å². The molecule has 0 radical (unpaired) electrons. The van der Waals surface area contributed by atoms with Crippen molar-refractivity contribution in [2.24, 2.45) is 0 Å². The number of phosphoric ester groups is 1. The summed E-state index contributed by atoms with van der Waals surface area (Å²) in [7, 11) is 1.63. The standard InChI is InChI=1S/C71H137N2O6P/c1-6-8-10-12-14-16-18-20-22-24-26-28-29-30-31-32-33-34-35-36-37-38-39-40-41-42-43-45-47-49-51-53-55-57-59-61-63-65-71(75)72-69(68-79-80(76,77)78-67-66-73(3,4)5)70(74)64-62-60-58-56-54-52-50-48-46-44-27-25-23-21-19-17-15-13-11-9-7-2/h8,10,14,16,20,22,26,28,69-70,74H,6-7,9,11-13,15,17-19,21,23-25,27,29-68H2,1-5H3,(H-,72,75,76,77)/p+1/b10-8-,16-14-,22-20-,28-26-. The number of amides is 1. The summed E-state index contributed by atoms with van der Waals surface area (Å²) in [5, 5.41) is 14.1. The number of nitrogens with zero attached hydrogens (tertiary/aromatic N) is 1. The Balaban J connectivity index is 3.94. The maximum absolute atomic E-state index is 13.1. The summed E-state index contributed by atoms with van der Waals surface area (Å²) in [6.07, 6.45) is 83.6. The van der Waals surface area contributed by atoms with Gasteiger partial charge in [-0.2, -0.15) is 0 Å². The molecule has 3 unspecified atom stereocenters. The number of carbonyl (C=O) groups excluding carboxylic acids is 1. The summed E-state index contributed by atoms with van der Waals surface area (Å²) in [4.78, 5) is 23.4. The van der Waals surface area contributed by atoms with E-state index in [0.717, 1.165) is 64.2 Å². The third-order valence-electron chi connectivity index (χ3n) is 16.1. The molecule has 0 rings (SSSR count). The van der Waals surface area contributed by atoms with Gasteiger partial charge in [-0.1, -0.05) is 339 Å². The SMILES string of the molecule is CC/C=C\C/C=C\C/C=C\C/C=C\CCCCCCCCCCCCCCCCCCCCCCCCCCC(=O)NC(COP(=O)(O)OCC[N+](C)(C)C)C(O)CCCCCCCCCCCCCCCCCCCCCCC. The van der Waals surface area contributed by atoms with Crippen LogP contribution in [0.1, 0.15) is 348 Å².